The van der Waals surface area contributed by atoms with Crippen LogP contribution in [0.1, 0.15) is 6.42 Å². The lowest BCUT2D eigenvalue weighted by molar-refractivity contribution is -0.286. The summed E-state index contributed by atoms with van der Waals surface area (Å²) in [5.41, 5.74) is 4.61. The Bertz CT molecular complexity index is 226. The van der Waals surface area contributed by atoms with Crippen LogP contribution in [-0.4, -0.2) is 29.5 Å². The summed E-state index contributed by atoms with van der Waals surface area (Å²) in [6.07, 6.45) is -12.8. The summed E-state index contributed by atoms with van der Waals surface area (Å²) in [6.45, 7) is 0. The van der Waals surface area contributed by atoms with Crippen LogP contribution in [0.25, 0.3) is 0 Å². The zero-order chi connectivity index (χ0) is 12.4. The summed E-state index contributed by atoms with van der Waals surface area (Å²) in [4.78, 5) is 10.0. The number of aliphatic carboxylic acids is 1. The lowest BCUT2D eigenvalue weighted by Crippen LogP contribution is -2.43. The van der Waals surface area contributed by atoms with E-state index in [0.29, 0.717) is 0 Å². The Hall–Kier alpha value is -0.700. The van der Waals surface area contributed by atoms with E-state index in [4.69, 9.17) is 5.11 Å². The van der Waals surface area contributed by atoms with Crippen LogP contribution in [0.3, 0.4) is 0 Å². The normalized spacial score (nSPS) is 14.5. The summed E-state index contributed by atoms with van der Waals surface area (Å²) in [5, 5.41) is 8.10. The molecule has 0 saturated heterocycles. The average Bonchev–Trinajstić information content (AvgIpc) is 1.94. The highest BCUT2D eigenvalue weighted by Crippen LogP contribution is 2.41. The fourth-order valence-electron chi connectivity index (χ4n) is 0.808. The third kappa shape index (κ3) is 5.40. The summed E-state index contributed by atoms with van der Waals surface area (Å²) in [5.74, 6) is -5.62. The number of nitrogens with two attached hydrogens (primary N) is 1. The topological polar surface area (TPSA) is 63.3 Å². The molecule has 0 aromatic carbocycles. The van der Waals surface area contributed by atoms with Crippen LogP contribution in [0.4, 0.5) is 26.3 Å². The Kier molecular flexibility index (Phi) is 6.16. The van der Waals surface area contributed by atoms with Crippen molar-refractivity contribution in [3.63, 3.8) is 0 Å². The zero-order valence-corrected chi connectivity index (χ0v) is 8.29. The zero-order valence-electron chi connectivity index (χ0n) is 7.47. The fraction of sp³-hybridized carbons (Fsp3) is 0.833. The Morgan fingerprint density at radius 3 is 1.62 bits per heavy atom. The molecule has 0 spiro atoms. The van der Waals surface area contributed by atoms with Gasteiger partial charge in [0, 0.05) is 0 Å². The minimum Gasteiger partial charge on any atom is -0.480 e. The number of alkyl halides is 6. The summed E-state index contributed by atoms with van der Waals surface area (Å²) < 4.78 is 71.2. The second-order valence-electron chi connectivity index (χ2n) is 2.82. The van der Waals surface area contributed by atoms with E-state index < -0.39 is 36.7 Å². The maximum absolute atomic E-state index is 11.9. The minimum atomic E-state index is -5.55. The fourth-order valence-corrected chi connectivity index (χ4v) is 0.808. The SMILES string of the molecule is Cl.NC(CC(C(F)(F)F)C(F)(F)F)C(=O)O. The van der Waals surface area contributed by atoms with Crippen LogP contribution in [0.2, 0.25) is 0 Å². The van der Waals surface area contributed by atoms with Gasteiger partial charge in [-0.15, -0.1) is 12.4 Å². The maximum atomic E-state index is 11.9. The Morgan fingerprint density at radius 2 is 1.44 bits per heavy atom. The second kappa shape index (κ2) is 5.58. The number of carboxylic acids is 1. The molecule has 0 rings (SSSR count). The molecule has 0 aliphatic heterocycles. The smallest absolute Gasteiger partial charge is 0.400 e. The van der Waals surface area contributed by atoms with Crippen molar-refractivity contribution < 1.29 is 36.2 Å². The van der Waals surface area contributed by atoms with Gasteiger partial charge in [0.15, 0.2) is 5.92 Å². The number of halogens is 7. The number of hydrogen-bond acceptors (Lipinski definition) is 2. The van der Waals surface area contributed by atoms with Gasteiger partial charge in [-0.1, -0.05) is 0 Å². The third-order valence-electron chi connectivity index (χ3n) is 1.60. The molecule has 3 N–H and O–H groups in total. The standard InChI is InChI=1S/C6H7F6NO2.ClH/c7-5(8,9)3(6(10,11)12)1-2(13)4(14)15;/h2-3H,1,13H2,(H,14,15);1H. The van der Waals surface area contributed by atoms with Gasteiger partial charge in [-0.2, -0.15) is 26.3 Å². The molecule has 1 unspecified atom stereocenters. The first-order valence-corrected chi connectivity index (χ1v) is 3.58. The molecule has 0 aromatic rings. The van der Waals surface area contributed by atoms with Crippen LogP contribution in [0, 0.1) is 5.92 Å². The predicted octanol–water partition coefficient (Wildman–Crippen LogP) is 1.95. The Balaban J connectivity index is 0. The van der Waals surface area contributed by atoms with Crippen molar-refractivity contribution in [1.82, 2.24) is 0 Å². The quantitative estimate of drug-likeness (QED) is 0.774. The largest absolute Gasteiger partial charge is 0.480 e. The van der Waals surface area contributed by atoms with E-state index in [1.165, 1.54) is 0 Å². The molecule has 98 valence electrons. The van der Waals surface area contributed by atoms with Gasteiger partial charge in [0.25, 0.3) is 0 Å². The van der Waals surface area contributed by atoms with Gasteiger partial charge in [-0.3, -0.25) is 4.79 Å². The van der Waals surface area contributed by atoms with Crippen molar-refractivity contribution in [2.45, 2.75) is 24.8 Å². The molecular weight excluding hydrogens is 268 g/mol. The highest BCUT2D eigenvalue weighted by molar-refractivity contribution is 5.85. The highest BCUT2D eigenvalue weighted by Gasteiger charge is 2.57. The number of carbonyl (C=O) groups is 1. The lowest BCUT2D eigenvalue weighted by Gasteiger charge is -2.24. The van der Waals surface area contributed by atoms with Crippen LogP contribution >= 0.6 is 12.4 Å². The Morgan fingerprint density at radius 1 is 1.12 bits per heavy atom. The molecule has 0 bridgehead atoms. The van der Waals surface area contributed by atoms with E-state index in [-0.39, 0.29) is 12.4 Å². The maximum Gasteiger partial charge on any atom is 0.400 e. The molecule has 0 aromatic heterocycles. The molecule has 0 radical (unpaired) electrons. The van der Waals surface area contributed by atoms with Crippen LogP contribution in [0.15, 0.2) is 0 Å². The number of rotatable bonds is 3. The van der Waals surface area contributed by atoms with E-state index in [1.807, 2.05) is 0 Å². The molecule has 0 aliphatic carbocycles. The van der Waals surface area contributed by atoms with E-state index in [9.17, 15) is 31.1 Å². The van der Waals surface area contributed by atoms with Gasteiger partial charge >= 0.3 is 18.3 Å². The van der Waals surface area contributed by atoms with Gasteiger partial charge in [-0.25, -0.2) is 0 Å². The monoisotopic (exact) mass is 275 g/mol. The molecule has 0 heterocycles. The van der Waals surface area contributed by atoms with Crippen molar-refractivity contribution in [3.8, 4) is 0 Å². The van der Waals surface area contributed by atoms with Gasteiger partial charge in [0.1, 0.15) is 6.04 Å². The van der Waals surface area contributed by atoms with Crippen molar-refractivity contribution >= 4 is 18.4 Å². The summed E-state index contributed by atoms with van der Waals surface area (Å²) in [7, 11) is 0. The van der Waals surface area contributed by atoms with Crippen LogP contribution in [-0.2, 0) is 4.79 Å². The molecule has 1 atom stereocenters. The molecule has 16 heavy (non-hydrogen) atoms. The molecule has 0 saturated carbocycles. The van der Waals surface area contributed by atoms with Crippen molar-refractivity contribution in [2.24, 2.45) is 11.7 Å². The molecule has 0 amide bonds. The number of carboxylic acid groups (broad SMARTS) is 1. The van der Waals surface area contributed by atoms with Crippen molar-refractivity contribution in [2.75, 3.05) is 0 Å². The average molecular weight is 276 g/mol. The van der Waals surface area contributed by atoms with E-state index in [2.05, 4.69) is 5.73 Å². The molecule has 0 aliphatic rings. The van der Waals surface area contributed by atoms with Gasteiger partial charge in [0.05, 0.1) is 0 Å². The third-order valence-corrected chi connectivity index (χ3v) is 1.60. The predicted molar refractivity (Wildman–Crippen MR) is 43.1 cm³/mol. The molecule has 0 fully saturated rings. The van der Waals surface area contributed by atoms with Crippen LogP contribution in [0.5, 0.6) is 0 Å². The molecule has 3 nitrogen and oxygen atoms in total. The Labute approximate surface area is 92.0 Å². The van der Waals surface area contributed by atoms with Gasteiger partial charge in [-0.05, 0) is 6.42 Å². The van der Waals surface area contributed by atoms with E-state index >= 15 is 0 Å². The highest BCUT2D eigenvalue weighted by atomic mass is 35.5. The first kappa shape index (κ1) is 17.7. The van der Waals surface area contributed by atoms with Gasteiger partial charge < -0.3 is 10.8 Å². The summed E-state index contributed by atoms with van der Waals surface area (Å²) in [6, 6.07) is -2.20. The number of hydrogen-bond donors (Lipinski definition) is 2. The van der Waals surface area contributed by atoms with Crippen molar-refractivity contribution in [1.29, 1.82) is 0 Å². The van der Waals surface area contributed by atoms with Crippen LogP contribution < -0.4 is 5.73 Å². The van der Waals surface area contributed by atoms with E-state index in [1.54, 1.807) is 0 Å². The second-order valence-corrected chi connectivity index (χ2v) is 2.82. The molecule has 10 heteroatoms. The minimum absolute atomic E-state index is 0. The van der Waals surface area contributed by atoms with Crippen molar-refractivity contribution in [3.05, 3.63) is 0 Å². The van der Waals surface area contributed by atoms with Gasteiger partial charge in [0.2, 0.25) is 0 Å². The summed E-state index contributed by atoms with van der Waals surface area (Å²) >= 11 is 0. The first-order chi connectivity index (χ1) is 6.46. The first-order valence-electron chi connectivity index (χ1n) is 3.58. The molecular formula is C6H8ClF6NO2. The van der Waals surface area contributed by atoms with E-state index in [0.717, 1.165) is 0 Å². The lowest BCUT2D eigenvalue weighted by atomic mass is 9.99.